The topological polar surface area (TPSA) is 67.0 Å². The fraction of sp³-hybridized carbons (Fsp3) is 0.133. The molecular weight excluding hydrogens is 357 g/mol. The lowest BCUT2D eigenvalue weighted by Gasteiger charge is -2.06. The minimum atomic E-state index is -0.273. The van der Waals surface area contributed by atoms with Gasteiger partial charge in [-0.15, -0.1) is 5.10 Å². The van der Waals surface area contributed by atoms with E-state index in [1.807, 2.05) is 6.07 Å². The van der Waals surface area contributed by atoms with Gasteiger partial charge in [0.2, 0.25) is 5.91 Å². The van der Waals surface area contributed by atoms with E-state index in [1.54, 1.807) is 30.5 Å². The molecule has 2 heterocycles. The maximum absolute atomic E-state index is 12.0. The van der Waals surface area contributed by atoms with E-state index in [-0.39, 0.29) is 11.2 Å². The van der Waals surface area contributed by atoms with E-state index >= 15 is 0 Å². The van der Waals surface area contributed by atoms with Crippen LogP contribution in [0.1, 0.15) is 11.3 Å². The zero-order valence-corrected chi connectivity index (χ0v) is 14.0. The smallest absolute Gasteiger partial charge is 0.239 e. The van der Waals surface area contributed by atoms with Gasteiger partial charge in [0.1, 0.15) is 5.76 Å². The molecule has 1 aromatic heterocycles. The Morgan fingerprint density at radius 2 is 2.17 bits per heavy atom. The molecule has 23 heavy (non-hydrogen) atoms. The van der Waals surface area contributed by atoms with Crippen LogP contribution in [0.2, 0.25) is 10.0 Å². The van der Waals surface area contributed by atoms with E-state index in [1.165, 1.54) is 18.0 Å². The zero-order valence-electron chi connectivity index (χ0n) is 11.7. The van der Waals surface area contributed by atoms with Crippen LogP contribution in [0.25, 0.3) is 0 Å². The lowest BCUT2D eigenvalue weighted by molar-refractivity contribution is -0.118. The number of carbonyl (C=O) groups is 1. The molecule has 8 heteroatoms. The summed E-state index contributed by atoms with van der Waals surface area (Å²) in [7, 11) is 0. The van der Waals surface area contributed by atoms with Crippen LogP contribution >= 0.6 is 35.0 Å². The van der Waals surface area contributed by atoms with Crippen molar-refractivity contribution in [2.24, 2.45) is 10.2 Å². The number of amidine groups is 1. The second kappa shape index (κ2) is 7.21. The molecule has 1 amide bonds. The van der Waals surface area contributed by atoms with Crippen LogP contribution in [-0.4, -0.2) is 22.5 Å². The molecule has 0 unspecified atom stereocenters. The highest BCUT2D eigenvalue weighted by Crippen LogP contribution is 2.27. The lowest BCUT2D eigenvalue weighted by Crippen LogP contribution is -2.25. The Balaban J connectivity index is 1.64. The van der Waals surface area contributed by atoms with E-state index in [0.717, 1.165) is 5.56 Å². The molecule has 0 spiro atoms. The molecule has 1 atom stereocenters. The number of amides is 1. The monoisotopic (exact) mass is 367 g/mol. The number of nitrogens with one attached hydrogen (secondary N) is 1. The first kappa shape index (κ1) is 16.1. The first-order valence-corrected chi connectivity index (χ1v) is 8.31. The minimum absolute atomic E-state index is 0.104. The van der Waals surface area contributed by atoms with Crippen LogP contribution in [0.3, 0.4) is 0 Å². The number of hydrogen-bond donors (Lipinski definition) is 1. The van der Waals surface area contributed by atoms with Gasteiger partial charge in [-0.3, -0.25) is 4.79 Å². The van der Waals surface area contributed by atoms with Gasteiger partial charge >= 0.3 is 0 Å². The molecule has 0 aliphatic carbocycles. The fourth-order valence-electron chi connectivity index (χ4n) is 1.97. The van der Waals surface area contributed by atoms with Crippen LogP contribution in [0.5, 0.6) is 0 Å². The quantitative estimate of drug-likeness (QED) is 0.660. The summed E-state index contributed by atoms with van der Waals surface area (Å²) in [6, 6.07) is 8.86. The van der Waals surface area contributed by atoms with E-state index in [2.05, 4.69) is 15.5 Å². The standard InChI is InChI=1S/C15H11Cl2N3O2S/c16-11-4-3-9(6-12(11)17)7-13-14(21)19-15(23-13)20-18-8-10-2-1-5-22-10/h1-6,8,13H,7H2,(H,19,20,21)/b18-8-/t13-/m0/s1. The third-order valence-corrected chi connectivity index (χ3v) is 4.87. The zero-order chi connectivity index (χ0) is 16.2. The average molecular weight is 368 g/mol. The minimum Gasteiger partial charge on any atom is -0.463 e. The van der Waals surface area contributed by atoms with Gasteiger partial charge in [-0.25, -0.2) is 0 Å². The van der Waals surface area contributed by atoms with Gasteiger partial charge in [-0.05, 0) is 36.2 Å². The Morgan fingerprint density at radius 1 is 1.30 bits per heavy atom. The molecule has 0 bridgehead atoms. The van der Waals surface area contributed by atoms with Gasteiger partial charge in [-0.2, -0.15) is 5.10 Å². The molecule has 1 saturated heterocycles. The molecule has 0 radical (unpaired) electrons. The Kier molecular flexibility index (Phi) is 5.05. The lowest BCUT2D eigenvalue weighted by atomic mass is 10.1. The first-order chi connectivity index (χ1) is 11.1. The van der Waals surface area contributed by atoms with Gasteiger partial charge in [-0.1, -0.05) is 41.0 Å². The van der Waals surface area contributed by atoms with E-state index in [0.29, 0.717) is 27.4 Å². The van der Waals surface area contributed by atoms with Gasteiger partial charge in [0.05, 0.1) is 27.8 Å². The van der Waals surface area contributed by atoms with Crippen LogP contribution < -0.4 is 5.32 Å². The number of thioether (sulfide) groups is 1. The van der Waals surface area contributed by atoms with Crippen molar-refractivity contribution in [1.82, 2.24) is 5.32 Å². The Hall–Kier alpha value is -1.76. The highest BCUT2D eigenvalue weighted by molar-refractivity contribution is 8.15. The highest BCUT2D eigenvalue weighted by atomic mass is 35.5. The van der Waals surface area contributed by atoms with Crippen molar-refractivity contribution in [1.29, 1.82) is 0 Å². The highest BCUT2D eigenvalue weighted by Gasteiger charge is 2.30. The number of benzene rings is 1. The van der Waals surface area contributed by atoms with Crippen LogP contribution in [-0.2, 0) is 11.2 Å². The molecule has 118 valence electrons. The summed E-state index contributed by atoms with van der Waals surface area (Å²) in [5, 5.41) is 11.7. The average Bonchev–Trinajstić information content (AvgIpc) is 3.14. The van der Waals surface area contributed by atoms with Crippen molar-refractivity contribution in [3.8, 4) is 0 Å². The molecule has 0 saturated carbocycles. The number of hydrogen-bond acceptors (Lipinski definition) is 5. The van der Waals surface area contributed by atoms with Crippen molar-refractivity contribution in [2.75, 3.05) is 0 Å². The van der Waals surface area contributed by atoms with Crippen molar-refractivity contribution >= 4 is 52.3 Å². The second-order valence-corrected chi connectivity index (χ2v) is 6.72. The fourth-order valence-corrected chi connectivity index (χ4v) is 3.26. The first-order valence-electron chi connectivity index (χ1n) is 6.68. The van der Waals surface area contributed by atoms with Crippen LogP contribution in [0, 0.1) is 0 Å². The Bertz CT molecular complexity index is 775. The number of rotatable bonds is 4. The summed E-state index contributed by atoms with van der Waals surface area (Å²) < 4.78 is 5.10. The summed E-state index contributed by atoms with van der Waals surface area (Å²) in [6.07, 6.45) is 3.56. The van der Waals surface area contributed by atoms with Crippen molar-refractivity contribution < 1.29 is 9.21 Å². The van der Waals surface area contributed by atoms with E-state index in [4.69, 9.17) is 27.6 Å². The molecule has 1 N–H and O–H groups in total. The SMILES string of the molecule is O=C1N/C(=N\N=C/c2ccco2)S[C@H]1Cc1ccc(Cl)c(Cl)c1. The molecule has 1 aliphatic heterocycles. The summed E-state index contributed by atoms with van der Waals surface area (Å²) in [5.41, 5.74) is 0.937. The third kappa shape index (κ3) is 4.16. The molecule has 1 aliphatic rings. The van der Waals surface area contributed by atoms with Gasteiger partial charge in [0.15, 0.2) is 5.17 Å². The van der Waals surface area contributed by atoms with Crippen LogP contribution in [0.4, 0.5) is 0 Å². The predicted molar refractivity (Wildman–Crippen MR) is 93.4 cm³/mol. The van der Waals surface area contributed by atoms with E-state index in [9.17, 15) is 4.79 Å². The Labute approximate surface area is 146 Å². The number of halogens is 2. The van der Waals surface area contributed by atoms with Crippen molar-refractivity contribution in [2.45, 2.75) is 11.7 Å². The molecule has 5 nitrogen and oxygen atoms in total. The summed E-state index contributed by atoms with van der Waals surface area (Å²) >= 11 is 13.2. The molecular formula is C15H11Cl2N3O2S. The number of furan rings is 1. The normalized spacial score (nSPS) is 19.7. The third-order valence-electron chi connectivity index (χ3n) is 3.06. The van der Waals surface area contributed by atoms with Gasteiger partial charge in [0.25, 0.3) is 0 Å². The largest absolute Gasteiger partial charge is 0.463 e. The molecule has 3 rings (SSSR count). The van der Waals surface area contributed by atoms with Gasteiger partial charge in [0, 0.05) is 0 Å². The summed E-state index contributed by atoms with van der Waals surface area (Å²) in [4.78, 5) is 12.0. The van der Waals surface area contributed by atoms with Gasteiger partial charge < -0.3 is 9.73 Å². The predicted octanol–water partition coefficient (Wildman–Crippen LogP) is 3.75. The molecule has 1 aromatic carbocycles. The summed E-state index contributed by atoms with van der Waals surface area (Å²) in [5.74, 6) is 0.490. The molecule has 2 aromatic rings. The van der Waals surface area contributed by atoms with Crippen LogP contribution in [0.15, 0.2) is 51.2 Å². The van der Waals surface area contributed by atoms with Crippen molar-refractivity contribution in [3.63, 3.8) is 0 Å². The van der Waals surface area contributed by atoms with Crippen molar-refractivity contribution in [3.05, 3.63) is 58.0 Å². The maximum Gasteiger partial charge on any atom is 0.239 e. The molecule has 1 fully saturated rings. The maximum atomic E-state index is 12.0. The van der Waals surface area contributed by atoms with E-state index < -0.39 is 0 Å². The number of carbonyl (C=O) groups excluding carboxylic acids is 1. The Morgan fingerprint density at radius 3 is 2.91 bits per heavy atom. The summed E-state index contributed by atoms with van der Waals surface area (Å²) in [6.45, 7) is 0. The second-order valence-electron chi connectivity index (χ2n) is 4.71. The number of nitrogens with zero attached hydrogens (tertiary/aromatic N) is 2.